The van der Waals surface area contributed by atoms with Gasteiger partial charge in [-0.1, -0.05) is 30.3 Å². The average molecular weight is 264 g/mol. The Bertz CT molecular complexity index is 398. The monoisotopic (exact) mass is 264 g/mol. The van der Waals surface area contributed by atoms with Gasteiger partial charge in [0.15, 0.2) is 0 Å². The summed E-state index contributed by atoms with van der Waals surface area (Å²) < 4.78 is 10.6. The molecule has 1 fully saturated rings. The van der Waals surface area contributed by atoms with Crippen LogP contribution >= 0.6 is 0 Å². The standard InChI is InChI=1S/C14H20N2O3/c1-18-13-9-16(8-12(13)7-15)14(17)19-10-11-5-3-2-4-6-11/h2-6,12-13H,7-10,15H2,1H3. The van der Waals surface area contributed by atoms with Crippen molar-refractivity contribution in [1.29, 1.82) is 0 Å². The quantitative estimate of drug-likeness (QED) is 0.888. The summed E-state index contributed by atoms with van der Waals surface area (Å²) in [6.45, 7) is 1.96. The molecule has 1 amide bonds. The van der Waals surface area contributed by atoms with Crippen molar-refractivity contribution in [3.05, 3.63) is 35.9 Å². The van der Waals surface area contributed by atoms with Gasteiger partial charge < -0.3 is 20.1 Å². The summed E-state index contributed by atoms with van der Waals surface area (Å²) in [4.78, 5) is 13.6. The molecule has 0 aromatic heterocycles. The molecule has 5 heteroatoms. The first-order valence-electron chi connectivity index (χ1n) is 6.43. The first-order chi connectivity index (χ1) is 9.24. The Labute approximate surface area is 113 Å². The van der Waals surface area contributed by atoms with E-state index in [2.05, 4.69) is 0 Å². The SMILES string of the molecule is COC1CN(C(=O)OCc2ccccc2)CC1CN. The van der Waals surface area contributed by atoms with Crippen LogP contribution < -0.4 is 5.73 Å². The predicted molar refractivity (Wildman–Crippen MR) is 71.5 cm³/mol. The van der Waals surface area contributed by atoms with Crippen molar-refractivity contribution in [2.75, 3.05) is 26.7 Å². The molecule has 1 aliphatic heterocycles. The van der Waals surface area contributed by atoms with Crippen molar-refractivity contribution < 1.29 is 14.3 Å². The van der Waals surface area contributed by atoms with Gasteiger partial charge in [-0.05, 0) is 12.1 Å². The predicted octanol–water partition coefficient (Wildman–Crippen LogP) is 1.23. The Kier molecular flexibility index (Phi) is 4.76. The molecular weight excluding hydrogens is 244 g/mol. The Morgan fingerprint density at radius 1 is 1.37 bits per heavy atom. The molecule has 1 aliphatic rings. The van der Waals surface area contributed by atoms with E-state index in [1.165, 1.54) is 0 Å². The van der Waals surface area contributed by atoms with E-state index < -0.39 is 0 Å². The summed E-state index contributed by atoms with van der Waals surface area (Å²) in [5.74, 6) is 0.189. The molecule has 2 atom stereocenters. The molecule has 0 bridgehead atoms. The number of nitrogens with two attached hydrogens (primary N) is 1. The maximum Gasteiger partial charge on any atom is 0.410 e. The van der Waals surface area contributed by atoms with Gasteiger partial charge in [-0.25, -0.2) is 4.79 Å². The third-order valence-electron chi connectivity index (χ3n) is 3.45. The molecule has 2 rings (SSSR count). The van der Waals surface area contributed by atoms with E-state index in [1.807, 2.05) is 30.3 Å². The maximum absolute atomic E-state index is 11.9. The van der Waals surface area contributed by atoms with Crippen molar-refractivity contribution in [3.63, 3.8) is 0 Å². The Balaban J connectivity index is 1.84. The van der Waals surface area contributed by atoms with Crippen LogP contribution in [0.1, 0.15) is 5.56 Å². The zero-order valence-corrected chi connectivity index (χ0v) is 11.1. The molecule has 5 nitrogen and oxygen atoms in total. The van der Waals surface area contributed by atoms with Crippen LogP contribution in [0.5, 0.6) is 0 Å². The van der Waals surface area contributed by atoms with Gasteiger partial charge in [0.1, 0.15) is 6.61 Å². The highest BCUT2D eigenvalue weighted by atomic mass is 16.6. The minimum absolute atomic E-state index is 0.00859. The number of carbonyl (C=O) groups excluding carboxylic acids is 1. The number of methoxy groups -OCH3 is 1. The van der Waals surface area contributed by atoms with Gasteiger partial charge in [-0.15, -0.1) is 0 Å². The lowest BCUT2D eigenvalue weighted by Crippen LogP contribution is -2.30. The Morgan fingerprint density at radius 3 is 2.68 bits per heavy atom. The zero-order chi connectivity index (χ0) is 13.7. The summed E-state index contributed by atoms with van der Waals surface area (Å²) in [6, 6.07) is 9.63. The molecule has 1 saturated heterocycles. The number of ether oxygens (including phenoxy) is 2. The zero-order valence-electron chi connectivity index (χ0n) is 11.1. The number of nitrogens with zero attached hydrogens (tertiary/aromatic N) is 1. The highest BCUT2D eigenvalue weighted by molar-refractivity contribution is 5.68. The first kappa shape index (κ1) is 13.8. The molecule has 1 heterocycles. The van der Waals surface area contributed by atoms with Crippen LogP contribution in [0.2, 0.25) is 0 Å². The fraction of sp³-hybridized carbons (Fsp3) is 0.500. The topological polar surface area (TPSA) is 64.8 Å². The summed E-state index contributed by atoms with van der Waals surface area (Å²) >= 11 is 0. The molecule has 104 valence electrons. The summed E-state index contributed by atoms with van der Waals surface area (Å²) in [6.07, 6.45) is -0.295. The molecule has 2 N–H and O–H groups in total. The van der Waals surface area contributed by atoms with Gasteiger partial charge >= 0.3 is 6.09 Å². The second-order valence-corrected chi connectivity index (χ2v) is 4.72. The van der Waals surface area contributed by atoms with E-state index in [9.17, 15) is 4.79 Å². The third-order valence-corrected chi connectivity index (χ3v) is 3.45. The summed E-state index contributed by atoms with van der Waals surface area (Å²) in [5, 5.41) is 0. The molecule has 0 aliphatic carbocycles. The van der Waals surface area contributed by atoms with Crippen LogP contribution in [0, 0.1) is 5.92 Å². The van der Waals surface area contributed by atoms with Gasteiger partial charge in [-0.3, -0.25) is 0 Å². The van der Waals surface area contributed by atoms with Crippen LogP contribution in [-0.4, -0.2) is 43.8 Å². The van der Waals surface area contributed by atoms with Crippen LogP contribution in [0.15, 0.2) is 30.3 Å². The lowest BCUT2D eigenvalue weighted by atomic mass is 10.1. The van der Waals surface area contributed by atoms with Gasteiger partial charge in [0.25, 0.3) is 0 Å². The van der Waals surface area contributed by atoms with Crippen LogP contribution in [0.25, 0.3) is 0 Å². The lowest BCUT2D eigenvalue weighted by Gasteiger charge is -2.15. The number of hydrogen-bond acceptors (Lipinski definition) is 4. The van der Waals surface area contributed by atoms with E-state index in [1.54, 1.807) is 12.0 Å². The number of rotatable bonds is 4. The van der Waals surface area contributed by atoms with Crippen LogP contribution in [0.3, 0.4) is 0 Å². The second kappa shape index (κ2) is 6.54. The largest absolute Gasteiger partial charge is 0.445 e. The van der Waals surface area contributed by atoms with E-state index in [4.69, 9.17) is 15.2 Å². The van der Waals surface area contributed by atoms with E-state index in [0.717, 1.165) is 5.56 Å². The highest BCUT2D eigenvalue weighted by Gasteiger charge is 2.35. The van der Waals surface area contributed by atoms with Gasteiger partial charge in [-0.2, -0.15) is 0 Å². The number of hydrogen-bond donors (Lipinski definition) is 1. The van der Waals surface area contributed by atoms with Gasteiger partial charge in [0, 0.05) is 19.6 Å². The number of amides is 1. The molecule has 0 saturated carbocycles. The third kappa shape index (κ3) is 3.45. The lowest BCUT2D eigenvalue weighted by molar-refractivity contribution is 0.0738. The van der Waals surface area contributed by atoms with Crippen molar-refractivity contribution in [3.8, 4) is 0 Å². The summed E-state index contributed by atoms with van der Waals surface area (Å²) in [7, 11) is 1.64. The number of benzene rings is 1. The Morgan fingerprint density at radius 2 is 2.11 bits per heavy atom. The van der Waals surface area contributed by atoms with Crippen molar-refractivity contribution in [2.24, 2.45) is 11.7 Å². The molecule has 0 spiro atoms. The van der Waals surface area contributed by atoms with Gasteiger partial charge in [0.2, 0.25) is 0 Å². The van der Waals surface area contributed by atoms with E-state index >= 15 is 0 Å². The highest BCUT2D eigenvalue weighted by Crippen LogP contribution is 2.19. The van der Waals surface area contributed by atoms with Crippen LogP contribution in [-0.2, 0) is 16.1 Å². The minimum atomic E-state index is -0.304. The van der Waals surface area contributed by atoms with E-state index in [0.29, 0.717) is 26.2 Å². The molecule has 1 aromatic rings. The second-order valence-electron chi connectivity index (χ2n) is 4.72. The van der Waals surface area contributed by atoms with Crippen molar-refractivity contribution in [1.82, 2.24) is 4.90 Å². The van der Waals surface area contributed by atoms with Gasteiger partial charge in [0.05, 0.1) is 12.6 Å². The first-order valence-corrected chi connectivity index (χ1v) is 6.43. The number of likely N-dealkylation sites (tertiary alicyclic amines) is 1. The molecule has 1 aromatic carbocycles. The normalized spacial score (nSPS) is 22.5. The Hall–Kier alpha value is -1.59. The molecular formula is C14H20N2O3. The van der Waals surface area contributed by atoms with Crippen molar-refractivity contribution in [2.45, 2.75) is 12.7 Å². The summed E-state index contributed by atoms with van der Waals surface area (Å²) in [5.41, 5.74) is 6.65. The van der Waals surface area contributed by atoms with Crippen LogP contribution in [0.4, 0.5) is 4.79 Å². The molecule has 2 unspecified atom stereocenters. The smallest absolute Gasteiger partial charge is 0.410 e. The molecule has 19 heavy (non-hydrogen) atoms. The number of carbonyl (C=O) groups is 1. The fourth-order valence-electron chi connectivity index (χ4n) is 2.29. The minimum Gasteiger partial charge on any atom is -0.445 e. The fourth-order valence-corrected chi connectivity index (χ4v) is 2.29. The average Bonchev–Trinajstić information content (AvgIpc) is 2.89. The maximum atomic E-state index is 11.9. The van der Waals surface area contributed by atoms with Crippen molar-refractivity contribution >= 4 is 6.09 Å². The molecule has 0 radical (unpaired) electrons. The van der Waals surface area contributed by atoms with E-state index in [-0.39, 0.29) is 18.1 Å².